The SMILES string of the molecule is Cc1cc(C)c(NC(=O)C[NH+](Cc2cccs2)C[C@@H]2CCCO2)c(C)c1. The van der Waals surface area contributed by atoms with Crippen LogP contribution in [0.5, 0.6) is 0 Å². The van der Waals surface area contributed by atoms with Crippen molar-refractivity contribution in [3.63, 3.8) is 0 Å². The van der Waals surface area contributed by atoms with Crippen LogP contribution in [0.1, 0.15) is 34.4 Å². The molecule has 1 fully saturated rings. The molecule has 1 unspecified atom stereocenters. The van der Waals surface area contributed by atoms with Crippen molar-refractivity contribution in [2.24, 2.45) is 0 Å². The van der Waals surface area contributed by atoms with Gasteiger partial charge in [0.05, 0.1) is 4.88 Å². The first kappa shape index (κ1) is 19.1. The van der Waals surface area contributed by atoms with E-state index in [1.54, 1.807) is 11.3 Å². The van der Waals surface area contributed by atoms with E-state index in [2.05, 4.69) is 55.7 Å². The van der Waals surface area contributed by atoms with E-state index in [9.17, 15) is 4.79 Å². The minimum absolute atomic E-state index is 0.0737. The van der Waals surface area contributed by atoms with Crippen LogP contribution in [-0.4, -0.2) is 31.7 Å². The molecular weight excluding hydrogens is 344 g/mol. The average Bonchev–Trinajstić information content (AvgIpc) is 3.24. The molecule has 4 nitrogen and oxygen atoms in total. The number of hydrogen-bond donors (Lipinski definition) is 2. The Morgan fingerprint density at radius 2 is 2.08 bits per heavy atom. The Hall–Kier alpha value is -1.69. The van der Waals surface area contributed by atoms with Crippen LogP contribution >= 0.6 is 11.3 Å². The minimum Gasteiger partial charge on any atom is -0.372 e. The van der Waals surface area contributed by atoms with E-state index in [0.717, 1.165) is 49.4 Å². The molecule has 0 aliphatic carbocycles. The van der Waals surface area contributed by atoms with Crippen LogP contribution in [0, 0.1) is 20.8 Å². The fourth-order valence-electron chi connectivity index (χ4n) is 3.78. The van der Waals surface area contributed by atoms with Crippen LogP contribution in [0.4, 0.5) is 5.69 Å². The molecule has 140 valence electrons. The Labute approximate surface area is 160 Å². The van der Waals surface area contributed by atoms with E-state index in [1.807, 2.05) is 0 Å². The number of thiophene rings is 1. The lowest BCUT2D eigenvalue weighted by Crippen LogP contribution is -3.12. The van der Waals surface area contributed by atoms with Gasteiger partial charge in [0.25, 0.3) is 5.91 Å². The number of benzene rings is 1. The number of anilines is 1. The lowest BCUT2D eigenvalue weighted by Gasteiger charge is -2.22. The molecule has 3 rings (SSSR count). The van der Waals surface area contributed by atoms with Gasteiger partial charge in [0.1, 0.15) is 19.2 Å². The van der Waals surface area contributed by atoms with Gasteiger partial charge in [-0.3, -0.25) is 4.79 Å². The zero-order valence-corrected chi connectivity index (χ0v) is 16.7. The first-order valence-corrected chi connectivity index (χ1v) is 10.2. The molecule has 1 aliphatic heterocycles. The predicted molar refractivity (Wildman–Crippen MR) is 107 cm³/mol. The van der Waals surface area contributed by atoms with Gasteiger partial charge in [-0.05, 0) is 56.2 Å². The van der Waals surface area contributed by atoms with Crippen molar-refractivity contribution in [3.05, 3.63) is 51.2 Å². The molecule has 1 aromatic heterocycles. The summed E-state index contributed by atoms with van der Waals surface area (Å²) >= 11 is 1.75. The van der Waals surface area contributed by atoms with E-state index in [4.69, 9.17) is 4.74 Å². The molecule has 0 bridgehead atoms. The van der Waals surface area contributed by atoms with Gasteiger partial charge in [-0.1, -0.05) is 23.8 Å². The molecule has 0 saturated carbocycles. The maximum atomic E-state index is 12.7. The summed E-state index contributed by atoms with van der Waals surface area (Å²) in [5, 5.41) is 5.24. The van der Waals surface area contributed by atoms with E-state index in [1.165, 1.54) is 15.3 Å². The molecule has 2 atom stereocenters. The standard InChI is InChI=1S/C21H28N2O2S/c1-15-10-16(2)21(17(3)11-15)22-20(24)14-23(12-18-6-4-8-25-18)13-19-7-5-9-26-19/h5,7,9-11,18H,4,6,8,12-14H2,1-3H3,(H,22,24)/p+1/t18-/m0/s1. The molecule has 0 spiro atoms. The third-order valence-corrected chi connectivity index (χ3v) is 5.77. The van der Waals surface area contributed by atoms with Crippen molar-refractivity contribution in [2.45, 2.75) is 46.3 Å². The second-order valence-corrected chi connectivity index (χ2v) is 8.38. The Morgan fingerprint density at radius 1 is 1.31 bits per heavy atom. The smallest absolute Gasteiger partial charge is 0.279 e. The first-order chi connectivity index (χ1) is 12.5. The van der Waals surface area contributed by atoms with Gasteiger partial charge in [-0.25, -0.2) is 0 Å². The van der Waals surface area contributed by atoms with Crippen LogP contribution in [0.3, 0.4) is 0 Å². The number of rotatable bonds is 7. The Kier molecular flexibility index (Phi) is 6.46. The van der Waals surface area contributed by atoms with Crippen LogP contribution in [0.2, 0.25) is 0 Å². The van der Waals surface area contributed by atoms with Crippen molar-refractivity contribution < 1.29 is 14.4 Å². The van der Waals surface area contributed by atoms with Gasteiger partial charge in [0.2, 0.25) is 0 Å². The highest BCUT2D eigenvalue weighted by Gasteiger charge is 2.24. The second-order valence-electron chi connectivity index (χ2n) is 7.34. The highest BCUT2D eigenvalue weighted by atomic mass is 32.1. The number of quaternary nitrogens is 1. The third kappa shape index (κ3) is 5.16. The lowest BCUT2D eigenvalue weighted by atomic mass is 10.1. The van der Waals surface area contributed by atoms with E-state index in [-0.39, 0.29) is 12.0 Å². The summed E-state index contributed by atoms with van der Waals surface area (Å²) in [5.41, 5.74) is 4.42. The van der Waals surface area contributed by atoms with Crippen molar-refractivity contribution in [2.75, 3.05) is 25.0 Å². The number of hydrogen-bond acceptors (Lipinski definition) is 3. The first-order valence-electron chi connectivity index (χ1n) is 9.36. The number of nitrogens with one attached hydrogen (secondary N) is 2. The van der Waals surface area contributed by atoms with E-state index >= 15 is 0 Å². The molecule has 2 heterocycles. The molecule has 0 radical (unpaired) electrons. The molecule has 1 amide bonds. The van der Waals surface area contributed by atoms with Gasteiger partial charge in [0.15, 0.2) is 6.54 Å². The van der Waals surface area contributed by atoms with Gasteiger partial charge < -0.3 is 15.0 Å². The van der Waals surface area contributed by atoms with Crippen LogP contribution in [-0.2, 0) is 16.1 Å². The largest absolute Gasteiger partial charge is 0.372 e. The second kappa shape index (κ2) is 8.80. The van der Waals surface area contributed by atoms with Gasteiger partial charge in [-0.2, -0.15) is 0 Å². The average molecular weight is 374 g/mol. The van der Waals surface area contributed by atoms with Crippen LogP contribution in [0.15, 0.2) is 29.6 Å². The van der Waals surface area contributed by atoms with Gasteiger partial charge in [-0.15, -0.1) is 11.3 Å². The molecule has 1 saturated heterocycles. The zero-order valence-electron chi connectivity index (χ0n) is 15.9. The maximum absolute atomic E-state index is 12.7. The molecule has 5 heteroatoms. The van der Waals surface area contributed by atoms with Crippen LogP contribution < -0.4 is 10.2 Å². The summed E-state index contributed by atoms with van der Waals surface area (Å²) in [6.45, 7) is 9.26. The summed E-state index contributed by atoms with van der Waals surface area (Å²) in [4.78, 5) is 15.3. The number of ether oxygens (including phenoxy) is 1. The number of carbonyl (C=O) groups is 1. The third-order valence-electron chi connectivity index (χ3n) is 4.90. The normalized spacial score (nSPS) is 18.0. The van der Waals surface area contributed by atoms with Crippen molar-refractivity contribution in [1.82, 2.24) is 0 Å². The molecule has 1 aliphatic rings. The van der Waals surface area contributed by atoms with Crippen LogP contribution in [0.25, 0.3) is 0 Å². The highest BCUT2D eigenvalue weighted by molar-refractivity contribution is 7.09. The molecule has 1 aromatic carbocycles. The van der Waals surface area contributed by atoms with Gasteiger partial charge in [0, 0.05) is 12.3 Å². The fourth-order valence-corrected chi connectivity index (χ4v) is 4.56. The lowest BCUT2D eigenvalue weighted by molar-refractivity contribution is -0.908. The number of aryl methyl sites for hydroxylation is 3. The molecular formula is C21H29N2O2S+. The Morgan fingerprint density at radius 3 is 2.69 bits per heavy atom. The summed E-state index contributed by atoms with van der Waals surface area (Å²) in [6, 6.07) is 8.45. The Bertz CT molecular complexity index is 713. The minimum atomic E-state index is 0.0737. The van der Waals surface area contributed by atoms with E-state index in [0.29, 0.717) is 6.54 Å². The number of carbonyl (C=O) groups excluding carboxylic acids is 1. The zero-order chi connectivity index (χ0) is 18.5. The maximum Gasteiger partial charge on any atom is 0.279 e. The van der Waals surface area contributed by atoms with Crippen molar-refractivity contribution in [1.29, 1.82) is 0 Å². The quantitative estimate of drug-likeness (QED) is 0.784. The van der Waals surface area contributed by atoms with Gasteiger partial charge >= 0.3 is 0 Å². The summed E-state index contributed by atoms with van der Waals surface area (Å²) in [7, 11) is 0. The predicted octanol–water partition coefficient (Wildman–Crippen LogP) is 2.88. The number of amides is 1. The molecule has 26 heavy (non-hydrogen) atoms. The molecule has 2 aromatic rings. The fraction of sp³-hybridized carbons (Fsp3) is 0.476. The topological polar surface area (TPSA) is 42.8 Å². The summed E-state index contributed by atoms with van der Waals surface area (Å²) < 4.78 is 5.80. The Balaban J connectivity index is 1.66. The monoisotopic (exact) mass is 373 g/mol. The highest BCUT2D eigenvalue weighted by Crippen LogP contribution is 2.21. The van der Waals surface area contributed by atoms with Crippen molar-refractivity contribution >= 4 is 22.9 Å². The summed E-state index contributed by atoms with van der Waals surface area (Å²) in [6.07, 6.45) is 2.51. The van der Waals surface area contributed by atoms with E-state index < -0.39 is 0 Å². The molecule has 2 N–H and O–H groups in total. The summed E-state index contributed by atoms with van der Waals surface area (Å²) in [5.74, 6) is 0.0737. The van der Waals surface area contributed by atoms with Crippen molar-refractivity contribution in [3.8, 4) is 0 Å².